The van der Waals surface area contributed by atoms with Crippen LogP contribution in [0.4, 0.5) is 0 Å². The standard InChI is InChI=1S/C33H44N2O/c1-4-6-7-8-9-10-11-12-24-36-32-22-20-30(21-23-32)33-34-25-31(26-35-33)29-18-16-28(17-19-29)15-13-14-27(3)5-2/h4,16-23,25-27H,1,5-15,24H2,2-3H3/t27-/m0/s1. The maximum absolute atomic E-state index is 5.92. The van der Waals surface area contributed by atoms with Crippen molar-refractivity contribution in [3.05, 3.63) is 79.1 Å². The molecule has 0 N–H and O–H groups in total. The molecule has 0 aliphatic rings. The Morgan fingerprint density at radius 1 is 0.778 bits per heavy atom. The van der Waals surface area contributed by atoms with Crippen LogP contribution >= 0.6 is 0 Å². The van der Waals surface area contributed by atoms with E-state index in [1.807, 2.05) is 42.7 Å². The van der Waals surface area contributed by atoms with E-state index < -0.39 is 0 Å². The van der Waals surface area contributed by atoms with Gasteiger partial charge in [-0.15, -0.1) is 6.58 Å². The van der Waals surface area contributed by atoms with Gasteiger partial charge in [-0.1, -0.05) is 82.7 Å². The van der Waals surface area contributed by atoms with Gasteiger partial charge in [0.05, 0.1) is 6.61 Å². The molecule has 1 heterocycles. The zero-order valence-corrected chi connectivity index (χ0v) is 22.4. The molecule has 0 bridgehead atoms. The molecule has 0 aliphatic carbocycles. The van der Waals surface area contributed by atoms with Crippen LogP contribution in [-0.2, 0) is 6.42 Å². The van der Waals surface area contributed by atoms with Crippen molar-refractivity contribution in [1.29, 1.82) is 0 Å². The zero-order valence-electron chi connectivity index (χ0n) is 22.4. The Kier molecular flexibility index (Phi) is 12.2. The summed E-state index contributed by atoms with van der Waals surface area (Å²) in [7, 11) is 0. The van der Waals surface area contributed by atoms with Gasteiger partial charge in [-0.3, -0.25) is 0 Å². The van der Waals surface area contributed by atoms with Crippen LogP contribution in [0.3, 0.4) is 0 Å². The molecule has 1 aromatic heterocycles. The highest BCUT2D eigenvalue weighted by Gasteiger charge is 2.05. The Morgan fingerprint density at radius 2 is 1.42 bits per heavy atom. The Labute approximate surface area is 219 Å². The number of hydrogen-bond acceptors (Lipinski definition) is 3. The Bertz CT molecular complexity index is 993. The monoisotopic (exact) mass is 484 g/mol. The minimum atomic E-state index is 0.739. The number of aryl methyl sites for hydroxylation is 1. The number of rotatable bonds is 17. The molecule has 3 heteroatoms. The second-order valence-corrected chi connectivity index (χ2v) is 9.97. The molecule has 1 atom stereocenters. The third-order valence-electron chi connectivity index (χ3n) is 6.98. The number of benzene rings is 2. The lowest BCUT2D eigenvalue weighted by Gasteiger charge is -2.09. The van der Waals surface area contributed by atoms with Crippen molar-refractivity contribution in [2.45, 2.75) is 84.5 Å². The molecular weight excluding hydrogens is 440 g/mol. The minimum absolute atomic E-state index is 0.739. The molecule has 3 nitrogen and oxygen atoms in total. The van der Waals surface area contributed by atoms with Crippen molar-refractivity contribution in [1.82, 2.24) is 9.97 Å². The molecule has 0 radical (unpaired) electrons. The molecule has 0 spiro atoms. The van der Waals surface area contributed by atoms with E-state index in [9.17, 15) is 0 Å². The van der Waals surface area contributed by atoms with Gasteiger partial charge in [0.25, 0.3) is 0 Å². The molecule has 0 saturated carbocycles. The Balaban J connectivity index is 1.42. The Hall–Kier alpha value is -2.94. The number of unbranched alkanes of at least 4 members (excludes halogenated alkanes) is 6. The number of hydrogen-bond donors (Lipinski definition) is 0. The topological polar surface area (TPSA) is 35.0 Å². The molecule has 0 unspecified atom stereocenters. The smallest absolute Gasteiger partial charge is 0.159 e. The van der Waals surface area contributed by atoms with Gasteiger partial charge in [0.1, 0.15) is 5.75 Å². The van der Waals surface area contributed by atoms with Crippen molar-refractivity contribution < 1.29 is 4.74 Å². The predicted octanol–water partition coefficient (Wildman–Crippen LogP) is 9.47. The van der Waals surface area contributed by atoms with Crippen molar-refractivity contribution in [3.63, 3.8) is 0 Å². The number of allylic oxidation sites excluding steroid dienone is 1. The first-order valence-electron chi connectivity index (χ1n) is 13.9. The van der Waals surface area contributed by atoms with Gasteiger partial charge < -0.3 is 4.74 Å². The van der Waals surface area contributed by atoms with E-state index >= 15 is 0 Å². The molecule has 0 amide bonds. The molecule has 192 valence electrons. The SMILES string of the molecule is C=CCCCCCCCCOc1ccc(-c2ncc(-c3ccc(CCC[C@@H](C)CC)cc3)cn2)cc1. The van der Waals surface area contributed by atoms with Crippen LogP contribution in [0.2, 0.25) is 0 Å². The van der Waals surface area contributed by atoms with Gasteiger partial charge in [-0.2, -0.15) is 0 Å². The average molecular weight is 485 g/mol. The zero-order chi connectivity index (χ0) is 25.4. The van der Waals surface area contributed by atoms with E-state index in [1.54, 1.807) is 0 Å². The first-order valence-corrected chi connectivity index (χ1v) is 13.9. The minimum Gasteiger partial charge on any atom is -0.494 e. The number of nitrogens with zero attached hydrogens (tertiary/aromatic N) is 2. The van der Waals surface area contributed by atoms with Crippen LogP contribution in [0.1, 0.15) is 83.6 Å². The summed E-state index contributed by atoms with van der Waals surface area (Å²) in [4.78, 5) is 9.24. The molecule has 0 fully saturated rings. The van der Waals surface area contributed by atoms with Crippen LogP contribution < -0.4 is 4.74 Å². The molecule has 0 aliphatic heterocycles. The van der Waals surface area contributed by atoms with Gasteiger partial charge in [-0.25, -0.2) is 9.97 Å². The Morgan fingerprint density at radius 3 is 2.08 bits per heavy atom. The van der Waals surface area contributed by atoms with Crippen LogP contribution in [0.15, 0.2) is 73.6 Å². The van der Waals surface area contributed by atoms with Gasteiger partial charge in [0, 0.05) is 23.5 Å². The van der Waals surface area contributed by atoms with Gasteiger partial charge in [-0.05, 0) is 73.4 Å². The lowest BCUT2D eigenvalue weighted by atomic mass is 9.98. The summed E-state index contributed by atoms with van der Waals surface area (Å²) in [5, 5.41) is 0. The van der Waals surface area contributed by atoms with Gasteiger partial charge >= 0.3 is 0 Å². The summed E-state index contributed by atoms with van der Waals surface area (Å²) < 4.78 is 5.92. The first-order chi connectivity index (χ1) is 17.7. The third-order valence-corrected chi connectivity index (χ3v) is 6.98. The van der Waals surface area contributed by atoms with Crippen molar-refractivity contribution >= 4 is 0 Å². The first kappa shape index (κ1) is 27.6. The summed E-state index contributed by atoms with van der Waals surface area (Å²) in [6.07, 6.45) is 19.5. The lowest BCUT2D eigenvalue weighted by Crippen LogP contribution is -1.97. The summed E-state index contributed by atoms with van der Waals surface area (Å²) >= 11 is 0. The summed E-state index contributed by atoms with van der Waals surface area (Å²) in [6.45, 7) is 9.16. The molecule has 0 saturated heterocycles. The third kappa shape index (κ3) is 9.60. The van der Waals surface area contributed by atoms with Crippen LogP contribution in [0, 0.1) is 5.92 Å². The fourth-order valence-corrected chi connectivity index (χ4v) is 4.34. The fraction of sp³-hybridized carbons (Fsp3) is 0.455. The second-order valence-electron chi connectivity index (χ2n) is 9.97. The van der Waals surface area contributed by atoms with Crippen LogP contribution in [-0.4, -0.2) is 16.6 Å². The molecule has 3 aromatic rings. The normalized spacial score (nSPS) is 11.8. The van der Waals surface area contributed by atoms with E-state index in [4.69, 9.17) is 4.74 Å². The van der Waals surface area contributed by atoms with Crippen LogP contribution in [0.5, 0.6) is 5.75 Å². The second kappa shape index (κ2) is 15.9. The van der Waals surface area contributed by atoms with Gasteiger partial charge in [0.2, 0.25) is 0 Å². The predicted molar refractivity (Wildman–Crippen MR) is 153 cm³/mol. The highest BCUT2D eigenvalue weighted by atomic mass is 16.5. The largest absolute Gasteiger partial charge is 0.494 e. The van der Waals surface area contributed by atoms with Crippen molar-refractivity contribution in [3.8, 4) is 28.3 Å². The highest BCUT2D eigenvalue weighted by molar-refractivity contribution is 5.64. The fourth-order valence-electron chi connectivity index (χ4n) is 4.34. The number of aromatic nitrogens is 2. The van der Waals surface area contributed by atoms with Crippen LogP contribution in [0.25, 0.3) is 22.5 Å². The van der Waals surface area contributed by atoms with Crippen molar-refractivity contribution in [2.75, 3.05) is 6.61 Å². The summed E-state index contributed by atoms with van der Waals surface area (Å²) in [5.41, 5.74) is 4.62. The van der Waals surface area contributed by atoms with Crippen molar-refractivity contribution in [2.24, 2.45) is 5.92 Å². The van der Waals surface area contributed by atoms with Gasteiger partial charge in [0.15, 0.2) is 5.82 Å². The molecule has 2 aromatic carbocycles. The summed E-state index contributed by atoms with van der Waals surface area (Å²) in [5.74, 6) is 2.47. The highest BCUT2D eigenvalue weighted by Crippen LogP contribution is 2.23. The summed E-state index contributed by atoms with van der Waals surface area (Å²) in [6, 6.07) is 17.0. The van der Waals surface area contributed by atoms with E-state index in [1.165, 1.54) is 56.9 Å². The maximum Gasteiger partial charge on any atom is 0.159 e. The number of ether oxygens (including phenoxy) is 1. The maximum atomic E-state index is 5.92. The molecular formula is C33H44N2O. The quantitative estimate of drug-likeness (QED) is 0.141. The van der Waals surface area contributed by atoms with E-state index in [-0.39, 0.29) is 0 Å². The van der Waals surface area contributed by atoms with E-state index in [0.717, 1.165) is 60.1 Å². The molecule has 36 heavy (non-hydrogen) atoms. The molecule has 3 rings (SSSR count). The lowest BCUT2D eigenvalue weighted by molar-refractivity contribution is 0.304. The average Bonchev–Trinajstić information content (AvgIpc) is 2.93. The van der Waals surface area contributed by atoms with E-state index in [2.05, 4.69) is 54.7 Å². The van der Waals surface area contributed by atoms with E-state index in [0.29, 0.717) is 0 Å².